The van der Waals surface area contributed by atoms with Crippen molar-refractivity contribution in [1.29, 1.82) is 0 Å². The van der Waals surface area contributed by atoms with Crippen LogP contribution in [0.3, 0.4) is 0 Å². The summed E-state index contributed by atoms with van der Waals surface area (Å²) in [6.45, 7) is 2.88. The van der Waals surface area contributed by atoms with Crippen molar-refractivity contribution in [3.05, 3.63) is 23.4 Å². The number of halogens is 1. The fourth-order valence-electron chi connectivity index (χ4n) is 4.76. The zero-order valence-electron chi connectivity index (χ0n) is 17.9. The van der Waals surface area contributed by atoms with E-state index in [0.29, 0.717) is 25.6 Å². The summed E-state index contributed by atoms with van der Waals surface area (Å²) in [6.07, 6.45) is 7.97. The molecule has 2 fully saturated rings. The van der Waals surface area contributed by atoms with Crippen LogP contribution in [-0.4, -0.2) is 55.4 Å². The van der Waals surface area contributed by atoms with Crippen LogP contribution in [0.2, 0.25) is 0 Å². The molecule has 1 aromatic carbocycles. The highest BCUT2D eigenvalue weighted by atomic mass is 19.1. The fraction of sp³-hybridized carbons (Fsp3) is 0.625. The van der Waals surface area contributed by atoms with Crippen LogP contribution in [0.5, 0.6) is 11.5 Å². The van der Waals surface area contributed by atoms with E-state index in [9.17, 15) is 4.39 Å². The summed E-state index contributed by atoms with van der Waals surface area (Å²) >= 11 is 0. The van der Waals surface area contributed by atoms with E-state index in [0.717, 1.165) is 54.8 Å². The van der Waals surface area contributed by atoms with Gasteiger partial charge < -0.3 is 19.7 Å². The van der Waals surface area contributed by atoms with Gasteiger partial charge in [0.2, 0.25) is 0 Å². The number of hydrogen-bond acceptors (Lipinski definition) is 5. The second kappa shape index (κ2) is 8.58. The number of aromatic nitrogens is 1. The highest BCUT2D eigenvalue weighted by molar-refractivity contribution is 5.96. The van der Waals surface area contributed by atoms with E-state index >= 15 is 0 Å². The predicted molar refractivity (Wildman–Crippen MR) is 118 cm³/mol. The minimum atomic E-state index is -0.665. The second-order valence-electron chi connectivity index (χ2n) is 8.95. The summed E-state index contributed by atoms with van der Waals surface area (Å²) in [5.41, 5.74) is 4.88. The van der Waals surface area contributed by atoms with Crippen molar-refractivity contribution in [3.8, 4) is 11.5 Å². The summed E-state index contributed by atoms with van der Waals surface area (Å²) in [4.78, 5) is 7.19. The number of methoxy groups -OCH3 is 1. The average Bonchev–Trinajstić information content (AvgIpc) is 3.49. The van der Waals surface area contributed by atoms with E-state index in [1.54, 1.807) is 7.11 Å². The number of aryl methyl sites for hydroxylation is 1. The van der Waals surface area contributed by atoms with E-state index in [1.807, 2.05) is 6.07 Å². The molecule has 1 saturated heterocycles. The summed E-state index contributed by atoms with van der Waals surface area (Å²) in [7, 11) is 1.69. The first-order valence-corrected chi connectivity index (χ1v) is 11.5. The number of likely N-dealkylation sites (tertiary alicyclic amines) is 1. The predicted octanol–water partition coefficient (Wildman–Crippen LogP) is 4.51. The van der Waals surface area contributed by atoms with Crippen LogP contribution < -0.4 is 14.8 Å². The summed E-state index contributed by atoms with van der Waals surface area (Å²) in [6, 6.07) is 4.72. The number of pyridine rings is 1. The van der Waals surface area contributed by atoms with Crippen molar-refractivity contribution < 1.29 is 13.9 Å². The van der Waals surface area contributed by atoms with Gasteiger partial charge in [-0.3, -0.25) is 4.98 Å². The molecule has 2 aliphatic carbocycles. The Bertz CT molecular complexity index is 915. The third kappa shape index (κ3) is 4.20. The van der Waals surface area contributed by atoms with Crippen LogP contribution in [0.15, 0.2) is 12.1 Å². The Morgan fingerprint density at radius 2 is 2.03 bits per heavy atom. The maximum atomic E-state index is 13.3. The van der Waals surface area contributed by atoms with Gasteiger partial charge >= 0.3 is 0 Å². The molecule has 1 saturated carbocycles. The van der Waals surface area contributed by atoms with Gasteiger partial charge in [-0.1, -0.05) is 0 Å². The lowest BCUT2D eigenvalue weighted by Crippen LogP contribution is -2.23. The molecular weight excluding hydrogens is 381 g/mol. The van der Waals surface area contributed by atoms with Crippen molar-refractivity contribution in [2.75, 3.05) is 38.7 Å². The van der Waals surface area contributed by atoms with Gasteiger partial charge in [0.05, 0.1) is 19.2 Å². The molecule has 6 heteroatoms. The molecule has 0 amide bonds. The number of benzene rings is 1. The van der Waals surface area contributed by atoms with Crippen molar-refractivity contribution in [2.24, 2.45) is 0 Å². The van der Waals surface area contributed by atoms with Gasteiger partial charge in [0.15, 0.2) is 11.5 Å². The lowest BCUT2D eigenvalue weighted by atomic mass is 9.92. The minimum absolute atomic E-state index is 0.561. The Hall–Kier alpha value is -2.08. The van der Waals surface area contributed by atoms with Gasteiger partial charge in [0, 0.05) is 48.5 Å². The number of hydrogen-bond donors (Lipinski definition) is 1. The first kappa shape index (κ1) is 19.9. The highest BCUT2D eigenvalue weighted by Crippen LogP contribution is 2.41. The topological polar surface area (TPSA) is 46.6 Å². The maximum Gasteiger partial charge on any atom is 0.163 e. The molecule has 5 rings (SSSR count). The van der Waals surface area contributed by atoms with Gasteiger partial charge in [-0.15, -0.1) is 0 Å². The van der Waals surface area contributed by atoms with Crippen molar-refractivity contribution in [1.82, 2.24) is 9.88 Å². The molecule has 1 aromatic heterocycles. The minimum Gasteiger partial charge on any atom is -0.493 e. The Labute approximate surface area is 177 Å². The number of alkyl halides is 1. The molecule has 30 heavy (non-hydrogen) atoms. The average molecular weight is 414 g/mol. The third-order valence-corrected chi connectivity index (χ3v) is 6.56. The van der Waals surface area contributed by atoms with Crippen LogP contribution in [0, 0.1) is 0 Å². The molecule has 1 N–H and O–H groups in total. The van der Waals surface area contributed by atoms with Crippen molar-refractivity contribution in [3.63, 3.8) is 0 Å². The smallest absolute Gasteiger partial charge is 0.163 e. The first-order valence-electron chi connectivity index (χ1n) is 11.5. The van der Waals surface area contributed by atoms with E-state index in [-0.39, 0.29) is 0 Å². The zero-order valence-corrected chi connectivity index (χ0v) is 17.9. The summed E-state index contributed by atoms with van der Waals surface area (Å²) < 4.78 is 25.1. The van der Waals surface area contributed by atoms with Gasteiger partial charge in [-0.25, -0.2) is 4.39 Å². The van der Waals surface area contributed by atoms with E-state index in [2.05, 4.69) is 16.3 Å². The van der Waals surface area contributed by atoms with Crippen molar-refractivity contribution >= 4 is 16.6 Å². The molecule has 0 radical (unpaired) electrons. The number of rotatable bonds is 8. The van der Waals surface area contributed by atoms with Crippen molar-refractivity contribution in [2.45, 2.75) is 63.6 Å². The zero-order chi connectivity index (χ0) is 20.5. The normalized spacial score (nSPS) is 21.6. The number of anilines is 1. The second-order valence-corrected chi connectivity index (χ2v) is 8.95. The number of ether oxygens (including phenoxy) is 2. The molecular formula is C24H32FN3O2. The lowest BCUT2D eigenvalue weighted by molar-refractivity contribution is 0.243. The molecule has 162 valence electrons. The monoisotopic (exact) mass is 413 g/mol. The Morgan fingerprint density at radius 1 is 1.17 bits per heavy atom. The highest BCUT2D eigenvalue weighted by Gasteiger charge is 2.26. The van der Waals surface area contributed by atoms with Crippen LogP contribution in [-0.2, 0) is 12.8 Å². The van der Waals surface area contributed by atoms with Crippen LogP contribution in [0.4, 0.5) is 10.1 Å². The molecule has 0 unspecified atom stereocenters. The molecule has 2 heterocycles. The van der Waals surface area contributed by atoms with Gasteiger partial charge in [0.25, 0.3) is 0 Å². The first-order chi connectivity index (χ1) is 14.7. The van der Waals surface area contributed by atoms with E-state index in [1.165, 1.54) is 42.6 Å². The Kier molecular flexibility index (Phi) is 5.68. The summed E-state index contributed by atoms with van der Waals surface area (Å²) in [5, 5.41) is 4.91. The van der Waals surface area contributed by atoms with E-state index in [4.69, 9.17) is 14.5 Å². The van der Waals surface area contributed by atoms with Crippen LogP contribution in [0.25, 0.3) is 10.9 Å². The quantitative estimate of drug-likeness (QED) is 0.645. The molecule has 1 aliphatic heterocycles. The van der Waals surface area contributed by atoms with Gasteiger partial charge in [0.1, 0.15) is 6.17 Å². The molecule has 5 nitrogen and oxygen atoms in total. The van der Waals surface area contributed by atoms with Crippen LogP contribution in [0.1, 0.15) is 49.8 Å². The van der Waals surface area contributed by atoms with Gasteiger partial charge in [-0.05, 0) is 63.0 Å². The number of fused-ring (bicyclic) bond motifs is 2. The molecule has 2 aromatic rings. The third-order valence-electron chi connectivity index (χ3n) is 6.56. The molecule has 3 aliphatic rings. The summed E-state index contributed by atoms with van der Waals surface area (Å²) in [5.74, 6) is 1.50. The molecule has 1 atom stereocenters. The van der Waals surface area contributed by atoms with Gasteiger partial charge in [-0.2, -0.15) is 0 Å². The van der Waals surface area contributed by atoms with E-state index < -0.39 is 6.17 Å². The Morgan fingerprint density at radius 3 is 2.80 bits per heavy atom. The Balaban J connectivity index is 1.37. The number of nitrogens with zero attached hydrogens (tertiary/aromatic N) is 2. The SMILES string of the molecule is COc1cc2c(NC3CC3)c3c(nc2cc1OCCCN1CC[C@H](F)C1)CCCC3. The molecule has 0 spiro atoms. The largest absolute Gasteiger partial charge is 0.493 e. The standard InChI is InChI=1S/C24H32FN3O2/c1-29-22-13-19-21(14-23(22)30-12-4-10-28-11-9-16(25)15-28)27-20-6-3-2-5-18(20)24(19)26-17-7-8-17/h13-14,16-17H,2-12,15H2,1H3,(H,26,27)/t16-/m0/s1. The lowest BCUT2D eigenvalue weighted by Gasteiger charge is -2.22. The molecule has 0 bridgehead atoms. The van der Waals surface area contributed by atoms with Crippen LogP contribution >= 0.6 is 0 Å². The number of nitrogens with one attached hydrogen (secondary N) is 1. The maximum absolute atomic E-state index is 13.3. The fourth-order valence-corrected chi connectivity index (χ4v) is 4.76.